The minimum atomic E-state index is 0.400. The fourth-order valence-electron chi connectivity index (χ4n) is 3.79. The lowest BCUT2D eigenvalue weighted by Crippen LogP contribution is -2.41. The number of nitrogens with zero attached hydrogens (tertiary/aromatic N) is 1. The second-order valence-corrected chi connectivity index (χ2v) is 6.68. The Morgan fingerprint density at radius 1 is 1.35 bits per heavy atom. The maximum Gasteiger partial charge on any atom is 0.121 e. The van der Waals surface area contributed by atoms with Gasteiger partial charge in [0.1, 0.15) is 11.5 Å². The lowest BCUT2D eigenvalue weighted by molar-refractivity contribution is 0.0787. The van der Waals surface area contributed by atoms with E-state index in [4.69, 9.17) is 10.2 Å². The summed E-state index contributed by atoms with van der Waals surface area (Å²) >= 11 is 0. The van der Waals surface area contributed by atoms with Gasteiger partial charge in [-0.15, -0.1) is 0 Å². The molecular formula is C17H28N2O. The van der Waals surface area contributed by atoms with Crippen molar-refractivity contribution in [2.24, 2.45) is 17.6 Å². The molecule has 0 aromatic carbocycles. The van der Waals surface area contributed by atoms with Gasteiger partial charge in [-0.25, -0.2) is 0 Å². The summed E-state index contributed by atoms with van der Waals surface area (Å²) in [5, 5.41) is 0. The highest BCUT2D eigenvalue weighted by molar-refractivity contribution is 5.20. The third-order valence-corrected chi connectivity index (χ3v) is 5.09. The van der Waals surface area contributed by atoms with Crippen molar-refractivity contribution in [2.75, 3.05) is 19.6 Å². The van der Waals surface area contributed by atoms with Gasteiger partial charge in [-0.2, -0.15) is 0 Å². The van der Waals surface area contributed by atoms with Gasteiger partial charge in [-0.1, -0.05) is 13.8 Å². The smallest absolute Gasteiger partial charge is 0.121 e. The first-order valence-corrected chi connectivity index (χ1v) is 8.28. The lowest BCUT2D eigenvalue weighted by atomic mass is 9.87. The van der Waals surface area contributed by atoms with E-state index in [0.29, 0.717) is 17.9 Å². The molecule has 1 aromatic heterocycles. The molecule has 3 heteroatoms. The molecule has 0 bridgehead atoms. The van der Waals surface area contributed by atoms with Crippen LogP contribution in [-0.2, 0) is 0 Å². The Morgan fingerprint density at radius 2 is 2.10 bits per heavy atom. The van der Waals surface area contributed by atoms with Crippen molar-refractivity contribution in [1.29, 1.82) is 0 Å². The van der Waals surface area contributed by atoms with Crippen molar-refractivity contribution in [3.05, 3.63) is 23.7 Å². The lowest BCUT2D eigenvalue weighted by Gasteiger charge is -2.39. The van der Waals surface area contributed by atoms with Crippen LogP contribution in [-0.4, -0.2) is 24.5 Å². The first-order chi connectivity index (χ1) is 9.74. The Kier molecular flexibility index (Phi) is 4.18. The maximum atomic E-state index is 6.23. The molecule has 2 heterocycles. The van der Waals surface area contributed by atoms with E-state index in [2.05, 4.69) is 30.9 Å². The highest BCUT2D eigenvalue weighted by Crippen LogP contribution is 2.48. The first kappa shape index (κ1) is 14.2. The standard InChI is InChI=1S/C17H28N2O/c1-3-8-19-9-4-5-13(11-18)17(19)16-7-6-15(20-16)14-10-12(14)2/h6-7,12-14,17H,3-5,8-11,18H2,1-2H3. The average molecular weight is 276 g/mol. The molecule has 0 amide bonds. The third kappa shape index (κ3) is 2.66. The predicted octanol–water partition coefficient (Wildman–Crippen LogP) is 3.52. The summed E-state index contributed by atoms with van der Waals surface area (Å²) in [6, 6.07) is 4.81. The molecule has 0 radical (unpaired) electrons. The van der Waals surface area contributed by atoms with Gasteiger partial charge in [0, 0.05) is 5.92 Å². The fraction of sp³-hybridized carbons (Fsp3) is 0.765. The molecule has 1 saturated heterocycles. The summed E-state index contributed by atoms with van der Waals surface area (Å²) in [4.78, 5) is 2.58. The summed E-state index contributed by atoms with van der Waals surface area (Å²) in [6.07, 6.45) is 4.99. The van der Waals surface area contributed by atoms with Gasteiger partial charge in [-0.3, -0.25) is 4.90 Å². The summed E-state index contributed by atoms with van der Waals surface area (Å²) in [7, 11) is 0. The van der Waals surface area contributed by atoms with E-state index in [-0.39, 0.29) is 0 Å². The maximum absolute atomic E-state index is 6.23. The highest BCUT2D eigenvalue weighted by atomic mass is 16.3. The minimum absolute atomic E-state index is 0.400. The van der Waals surface area contributed by atoms with Crippen molar-refractivity contribution >= 4 is 0 Å². The quantitative estimate of drug-likeness (QED) is 0.894. The first-order valence-electron chi connectivity index (χ1n) is 8.28. The monoisotopic (exact) mass is 276 g/mol. The van der Waals surface area contributed by atoms with Crippen LogP contribution >= 0.6 is 0 Å². The largest absolute Gasteiger partial charge is 0.464 e. The van der Waals surface area contributed by atoms with E-state index in [1.165, 1.54) is 38.0 Å². The van der Waals surface area contributed by atoms with E-state index >= 15 is 0 Å². The van der Waals surface area contributed by atoms with Gasteiger partial charge in [0.25, 0.3) is 0 Å². The number of piperidine rings is 1. The van der Waals surface area contributed by atoms with Gasteiger partial charge in [0.15, 0.2) is 0 Å². The Balaban J connectivity index is 1.80. The zero-order valence-electron chi connectivity index (χ0n) is 12.8. The second-order valence-electron chi connectivity index (χ2n) is 6.68. The van der Waals surface area contributed by atoms with Crippen molar-refractivity contribution in [3.8, 4) is 0 Å². The molecule has 20 heavy (non-hydrogen) atoms. The van der Waals surface area contributed by atoms with Crippen LogP contribution in [0.4, 0.5) is 0 Å². The van der Waals surface area contributed by atoms with E-state index in [1.807, 2.05) is 0 Å². The highest BCUT2D eigenvalue weighted by Gasteiger charge is 2.38. The number of hydrogen-bond donors (Lipinski definition) is 1. The van der Waals surface area contributed by atoms with Crippen LogP contribution < -0.4 is 5.73 Å². The fourth-order valence-corrected chi connectivity index (χ4v) is 3.79. The van der Waals surface area contributed by atoms with Gasteiger partial charge in [0.2, 0.25) is 0 Å². The molecular weight excluding hydrogens is 248 g/mol. The summed E-state index contributed by atoms with van der Waals surface area (Å²) in [6.45, 7) is 7.66. The molecule has 1 saturated carbocycles. The van der Waals surface area contributed by atoms with E-state index in [1.54, 1.807) is 0 Å². The number of rotatable bonds is 5. The number of likely N-dealkylation sites (tertiary alicyclic amines) is 1. The van der Waals surface area contributed by atoms with Crippen molar-refractivity contribution in [1.82, 2.24) is 4.90 Å². The molecule has 2 N–H and O–H groups in total. The van der Waals surface area contributed by atoms with Crippen LogP contribution in [0.15, 0.2) is 16.5 Å². The second kappa shape index (κ2) is 5.90. The van der Waals surface area contributed by atoms with E-state index in [9.17, 15) is 0 Å². The van der Waals surface area contributed by atoms with Crippen LogP contribution in [0.25, 0.3) is 0 Å². The summed E-state index contributed by atoms with van der Waals surface area (Å²) in [5.41, 5.74) is 6.02. The zero-order valence-corrected chi connectivity index (χ0v) is 12.8. The molecule has 1 aliphatic carbocycles. The Morgan fingerprint density at radius 3 is 2.75 bits per heavy atom. The third-order valence-electron chi connectivity index (χ3n) is 5.09. The van der Waals surface area contributed by atoms with Crippen LogP contribution in [0.1, 0.15) is 63.0 Å². The van der Waals surface area contributed by atoms with Gasteiger partial charge >= 0.3 is 0 Å². The van der Waals surface area contributed by atoms with Crippen LogP contribution in [0.5, 0.6) is 0 Å². The summed E-state index contributed by atoms with van der Waals surface area (Å²) < 4.78 is 6.23. The molecule has 2 fully saturated rings. The molecule has 0 spiro atoms. The number of hydrogen-bond acceptors (Lipinski definition) is 3. The topological polar surface area (TPSA) is 42.4 Å². The molecule has 2 aliphatic rings. The van der Waals surface area contributed by atoms with Crippen molar-refractivity contribution in [2.45, 2.75) is 51.5 Å². The van der Waals surface area contributed by atoms with Crippen molar-refractivity contribution in [3.63, 3.8) is 0 Å². The molecule has 112 valence electrons. The average Bonchev–Trinajstić information content (AvgIpc) is 3.01. The SMILES string of the molecule is CCCN1CCCC(CN)C1c1ccc(C2CC2C)o1. The van der Waals surface area contributed by atoms with E-state index in [0.717, 1.165) is 24.8 Å². The Hall–Kier alpha value is -0.800. The van der Waals surface area contributed by atoms with Gasteiger partial charge in [-0.05, 0) is 69.3 Å². The van der Waals surface area contributed by atoms with E-state index < -0.39 is 0 Å². The predicted molar refractivity (Wildman–Crippen MR) is 81.6 cm³/mol. The Bertz CT molecular complexity index is 440. The molecule has 4 unspecified atom stereocenters. The van der Waals surface area contributed by atoms with Crippen LogP contribution in [0.3, 0.4) is 0 Å². The Labute approximate surface area is 122 Å². The number of nitrogens with two attached hydrogens (primary N) is 1. The number of furan rings is 1. The molecule has 3 rings (SSSR count). The van der Waals surface area contributed by atoms with Gasteiger partial charge < -0.3 is 10.2 Å². The zero-order chi connectivity index (χ0) is 14.1. The molecule has 1 aromatic rings. The van der Waals surface area contributed by atoms with Crippen LogP contribution in [0, 0.1) is 11.8 Å². The van der Waals surface area contributed by atoms with Crippen LogP contribution in [0.2, 0.25) is 0 Å². The van der Waals surface area contributed by atoms with Crippen molar-refractivity contribution < 1.29 is 4.42 Å². The van der Waals surface area contributed by atoms with Gasteiger partial charge in [0.05, 0.1) is 6.04 Å². The molecule has 3 nitrogen and oxygen atoms in total. The summed E-state index contributed by atoms with van der Waals surface area (Å²) in [5.74, 6) is 4.37. The minimum Gasteiger partial charge on any atom is -0.464 e. The molecule has 1 aliphatic heterocycles. The molecule has 4 atom stereocenters. The normalized spacial score (nSPS) is 34.4.